The number of rotatable bonds is 6. The Hall–Kier alpha value is -2.58. The summed E-state index contributed by atoms with van der Waals surface area (Å²) >= 11 is 0. The Balaban J connectivity index is 1.74. The Morgan fingerprint density at radius 1 is 1.10 bits per heavy atom. The van der Waals surface area contributed by atoms with Crippen molar-refractivity contribution in [2.75, 3.05) is 32.6 Å². The Kier molecular flexibility index (Phi) is 6.44. The molecule has 1 aliphatic heterocycles. The molecule has 0 radical (unpaired) electrons. The molecular weight excluding hydrogens is 392 g/mol. The zero-order chi connectivity index (χ0) is 21.0. The highest BCUT2D eigenvalue weighted by Crippen LogP contribution is 2.29. The van der Waals surface area contributed by atoms with Gasteiger partial charge in [-0.25, -0.2) is 8.42 Å². The summed E-state index contributed by atoms with van der Waals surface area (Å²) in [6.45, 7) is 2.47. The van der Waals surface area contributed by atoms with E-state index in [1.807, 2.05) is 19.1 Å². The second kappa shape index (κ2) is 8.84. The minimum absolute atomic E-state index is 0.147. The normalized spacial score (nSPS) is 17.6. The van der Waals surface area contributed by atoms with Gasteiger partial charge in [0.15, 0.2) is 0 Å². The van der Waals surface area contributed by atoms with Gasteiger partial charge < -0.3 is 14.8 Å². The first-order valence-electron chi connectivity index (χ1n) is 9.45. The van der Waals surface area contributed by atoms with Crippen LogP contribution in [0.25, 0.3) is 0 Å². The van der Waals surface area contributed by atoms with Crippen LogP contribution >= 0.6 is 0 Å². The van der Waals surface area contributed by atoms with Crippen LogP contribution in [0.1, 0.15) is 18.4 Å². The number of sulfonamides is 1. The zero-order valence-electron chi connectivity index (χ0n) is 16.8. The predicted octanol–water partition coefficient (Wildman–Crippen LogP) is 3.05. The molecule has 8 heteroatoms. The number of carbonyl (C=O) groups is 1. The molecule has 0 aromatic heterocycles. The summed E-state index contributed by atoms with van der Waals surface area (Å²) in [5.41, 5.74) is 1.58. The van der Waals surface area contributed by atoms with E-state index in [1.54, 1.807) is 25.3 Å². The number of methoxy groups -OCH3 is 2. The number of aryl methyl sites for hydroxylation is 1. The van der Waals surface area contributed by atoms with Gasteiger partial charge >= 0.3 is 0 Å². The van der Waals surface area contributed by atoms with Gasteiger partial charge in [0.25, 0.3) is 0 Å². The first kappa shape index (κ1) is 21.1. The first-order chi connectivity index (χ1) is 13.8. The molecule has 2 aromatic rings. The summed E-state index contributed by atoms with van der Waals surface area (Å²) in [6.07, 6.45) is 1.26. The van der Waals surface area contributed by atoms with Crippen molar-refractivity contribution in [2.24, 2.45) is 5.92 Å². The smallest absolute Gasteiger partial charge is 0.243 e. The van der Waals surface area contributed by atoms with Crippen LogP contribution < -0.4 is 14.8 Å². The lowest BCUT2D eigenvalue weighted by atomic mass is 9.98. The van der Waals surface area contributed by atoms with Gasteiger partial charge in [0.2, 0.25) is 15.9 Å². The third-order valence-electron chi connectivity index (χ3n) is 5.06. The highest BCUT2D eigenvalue weighted by Gasteiger charge is 2.33. The number of nitrogens with zero attached hydrogens (tertiary/aromatic N) is 1. The third kappa shape index (κ3) is 4.71. The largest absolute Gasteiger partial charge is 0.497 e. The van der Waals surface area contributed by atoms with Crippen molar-refractivity contribution in [1.82, 2.24) is 4.31 Å². The van der Waals surface area contributed by atoms with Crippen molar-refractivity contribution in [3.63, 3.8) is 0 Å². The first-order valence-corrected chi connectivity index (χ1v) is 10.9. The number of hydrogen-bond acceptors (Lipinski definition) is 5. The Morgan fingerprint density at radius 2 is 1.83 bits per heavy atom. The molecule has 1 amide bonds. The molecule has 1 fully saturated rings. The highest BCUT2D eigenvalue weighted by atomic mass is 32.2. The maximum Gasteiger partial charge on any atom is 0.243 e. The van der Waals surface area contributed by atoms with E-state index < -0.39 is 15.9 Å². The van der Waals surface area contributed by atoms with Crippen molar-refractivity contribution in [2.45, 2.75) is 24.7 Å². The van der Waals surface area contributed by atoms with Gasteiger partial charge in [0.05, 0.1) is 30.7 Å². The summed E-state index contributed by atoms with van der Waals surface area (Å²) in [4.78, 5) is 13.0. The van der Waals surface area contributed by atoms with Crippen molar-refractivity contribution in [3.05, 3.63) is 48.0 Å². The molecule has 1 N–H and O–H groups in total. The van der Waals surface area contributed by atoms with E-state index >= 15 is 0 Å². The number of benzene rings is 2. The fourth-order valence-electron chi connectivity index (χ4n) is 3.43. The SMILES string of the molecule is COc1ccc(S(=O)(=O)N2CCC[C@@H](C(=O)Nc3cc(C)ccc3OC)C2)cc1. The van der Waals surface area contributed by atoms with Crippen LogP contribution in [0, 0.1) is 12.8 Å². The van der Waals surface area contributed by atoms with Crippen molar-refractivity contribution >= 4 is 21.6 Å². The van der Waals surface area contributed by atoms with Gasteiger partial charge in [0.1, 0.15) is 11.5 Å². The lowest BCUT2D eigenvalue weighted by Crippen LogP contribution is -2.43. The van der Waals surface area contributed by atoms with Crippen LogP contribution in [0.15, 0.2) is 47.4 Å². The van der Waals surface area contributed by atoms with E-state index in [9.17, 15) is 13.2 Å². The van der Waals surface area contributed by atoms with Gasteiger partial charge in [-0.3, -0.25) is 4.79 Å². The summed E-state index contributed by atoms with van der Waals surface area (Å²) in [6, 6.07) is 11.8. The fourth-order valence-corrected chi connectivity index (χ4v) is 4.95. The number of carbonyl (C=O) groups excluding carboxylic acids is 1. The average molecular weight is 419 g/mol. The van der Waals surface area contributed by atoms with Crippen LogP contribution in [-0.2, 0) is 14.8 Å². The quantitative estimate of drug-likeness (QED) is 0.779. The van der Waals surface area contributed by atoms with Gasteiger partial charge in [-0.1, -0.05) is 6.07 Å². The maximum atomic E-state index is 13.0. The van der Waals surface area contributed by atoms with Crippen LogP contribution in [0.5, 0.6) is 11.5 Å². The van der Waals surface area contributed by atoms with Crippen LogP contribution in [0.3, 0.4) is 0 Å². The zero-order valence-corrected chi connectivity index (χ0v) is 17.7. The van der Waals surface area contributed by atoms with Crippen molar-refractivity contribution in [3.8, 4) is 11.5 Å². The molecule has 1 heterocycles. The molecule has 156 valence electrons. The summed E-state index contributed by atoms with van der Waals surface area (Å²) < 4.78 is 37.8. The monoisotopic (exact) mass is 418 g/mol. The molecule has 0 spiro atoms. The van der Waals surface area contributed by atoms with E-state index in [4.69, 9.17) is 9.47 Å². The molecule has 0 bridgehead atoms. The molecule has 2 aromatic carbocycles. The molecule has 3 rings (SSSR count). The van der Waals surface area contributed by atoms with E-state index in [2.05, 4.69) is 5.32 Å². The lowest BCUT2D eigenvalue weighted by Gasteiger charge is -2.31. The standard InChI is InChI=1S/C21H26N2O5S/c1-15-6-11-20(28-3)19(13-15)22-21(24)16-5-4-12-23(14-16)29(25,26)18-9-7-17(27-2)8-10-18/h6-11,13,16H,4-5,12,14H2,1-3H3,(H,22,24)/t16-/m1/s1. The summed E-state index contributed by atoms with van der Waals surface area (Å²) in [7, 11) is -0.599. The van der Waals surface area contributed by atoms with E-state index in [1.165, 1.54) is 23.5 Å². The average Bonchev–Trinajstić information content (AvgIpc) is 2.74. The summed E-state index contributed by atoms with van der Waals surface area (Å²) in [5.74, 6) is 0.528. The van der Waals surface area contributed by atoms with Crippen molar-refractivity contribution < 1.29 is 22.7 Å². The van der Waals surface area contributed by atoms with E-state index in [0.717, 1.165) is 5.56 Å². The lowest BCUT2D eigenvalue weighted by molar-refractivity contribution is -0.120. The minimum atomic E-state index is -3.67. The predicted molar refractivity (Wildman–Crippen MR) is 111 cm³/mol. The molecule has 1 atom stereocenters. The van der Waals surface area contributed by atoms with Gasteiger partial charge in [-0.15, -0.1) is 0 Å². The molecule has 0 aliphatic carbocycles. The number of ether oxygens (including phenoxy) is 2. The highest BCUT2D eigenvalue weighted by molar-refractivity contribution is 7.89. The minimum Gasteiger partial charge on any atom is -0.497 e. The van der Waals surface area contributed by atoms with Gasteiger partial charge in [-0.2, -0.15) is 4.31 Å². The van der Waals surface area contributed by atoms with Crippen LogP contribution in [0.4, 0.5) is 5.69 Å². The second-order valence-electron chi connectivity index (χ2n) is 7.07. The Morgan fingerprint density at radius 3 is 2.48 bits per heavy atom. The number of anilines is 1. The van der Waals surface area contributed by atoms with Gasteiger partial charge in [0, 0.05) is 13.1 Å². The number of hydrogen-bond donors (Lipinski definition) is 1. The number of amides is 1. The Labute approximate surface area is 171 Å². The van der Waals surface area contributed by atoms with E-state index in [-0.39, 0.29) is 17.3 Å². The number of nitrogens with one attached hydrogen (secondary N) is 1. The topological polar surface area (TPSA) is 84.9 Å². The summed E-state index contributed by atoms with van der Waals surface area (Å²) in [5, 5.41) is 2.90. The maximum absolute atomic E-state index is 13.0. The van der Waals surface area contributed by atoms with Crippen LogP contribution in [-0.4, -0.2) is 45.9 Å². The van der Waals surface area contributed by atoms with Crippen molar-refractivity contribution in [1.29, 1.82) is 0 Å². The number of piperidine rings is 1. The Bertz CT molecular complexity index is 973. The molecule has 1 aliphatic rings. The molecule has 0 saturated carbocycles. The third-order valence-corrected chi connectivity index (χ3v) is 6.94. The van der Waals surface area contributed by atoms with Gasteiger partial charge in [-0.05, 0) is 61.7 Å². The fraction of sp³-hybridized carbons (Fsp3) is 0.381. The molecule has 1 saturated heterocycles. The molecule has 29 heavy (non-hydrogen) atoms. The van der Waals surface area contributed by atoms with Crippen LogP contribution in [0.2, 0.25) is 0 Å². The molecule has 0 unspecified atom stereocenters. The van der Waals surface area contributed by atoms with E-state index in [0.29, 0.717) is 36.6 Å². The molecular formula is C21H26N2O5S. The second-order valence-corrected chi connectivity index (χ2v) is 9.01. The molecule has 7 nitrogen and oxygen atoms in total.